The maximum absolute atomic E-state index is 10.9. The number of nitrogens with one attached hydrogen (secondary N) is 1. The Morgan fingerprint density at radius 2 is 2.06 bits per heavy atom. The van der Waals surface area contributed by atoms with Gasteiger partial charge in [0.2, 0.25) is 0 Å². The second-order valence-corrected chi connectivity index (χ2v) is 6.22. The van der Waals surface area contributed by atoms with Gasteiger partial charge in [0.05, 0.1) is 5.00 Å². The number of fused-ring (bicyclic) bond motifs is 3. The zero-order valence-corrected chi connectivity index (χ0v) is 11.9. The summed E-state index contributed by atoms with van der Waals surface area (Å²) in [6, 6.07) is 7.86. The van der Waals surface area contributed by atoms with Crippen molar-refractivity contribution in [1.82, 2.24) is 0 Å². The molecule has 2 amide bonds. The van der Waals surface area contributed by atoms with Gasteiger partial charge in [0, 0.05) is 9.35 Å². The maximum Gasteiger partial charge on any atom is 0.317 e. The number of benzene rings is 1. The Hall–Kier alpha value is -1.33. The summed E-state index contributed by atoms with van der Waals surface area (Å²) in [7, 11) is 0. The molecule has 92 valence electrons. The van der Waals surface area contributed by atoms with E-state index >= 15 is 0 Å². The molecule has 1 heterocycles. The predicted molar refractivity (Wildman–Crippen MR) is 78.1 cm³/mol. The van der Waals surface area contributed by atoms with Gasteiger partial charge in [-0.15, -0.1) is 11.3 Å². The van der Waals surface area contributed by atoms with Crippen molar-refractivity contribution >= 4 is 38.3 Å². The number of nitrogens with two attached hydrogens (primary N) is 1. The van der Waals surface area contributed by atoms with Crippen LogP contribution in [0, 0.1) is 0 Å². The molecule has 1 aromatic heterocycles. The molecular formula is C13H11BrN2OS. The first-order valence-corrected chi connectivity index (χ1v) is 7.22. The lowest BCUT2D eigenvalue weighted by molar-refractivity contribution is 0.259. The topological polar surface area (TPSA) is 55.1 Å². The first kappa shape index (κ1) is 11.7. The monoisotopic (exact) mass is 322 g/mol. The first-order valence-electron chi connectivity index (χ1n) is 5.61. The summed E-state index contributed by atoms with van der Waals surface area (Å²) in [4.78, 5) is 12.1. The van der Waals surface area contributed by atoms with E-state index in [4.69, 9.17) is 5.73 Å². The van der Waals surface area contributed by atoms with Crippen LogP contribution < -0.4 is 11.1 Å². The number of hydrogen-bond donors (Lipinski definition) is 2. The summed E-state index contributed by atoms with van der Waals surface area (Å²) in [6.07, 6.45) is 2.05. The maximum atomic E-state index is 10.9. The Morgan fingerprint density at radius 1 is 1.28 bits per heavy atom. The number of anilines is 1. The zero-order chi connectivity index (χ0) is 12.7. The number of amides is 2. The van der Waals surface area contributed by atoms with E-state index in [1.54, 1.807) is 11.3 Å². The van der Waals surface area contributed by atoms with Crippen LogP contribution in [0.5, 0.6) is 0 Å². The van der Waals surface area contributed by atoms with Gasteiger partial charge in [-0.05, 0) is 47.7 Å². The van der Waals surface area contributed by atoms with Crippen LogP contribution >= 0.6 is 27.3 Å². The Labute approximate surface area is 117 Å². The molecule has 0 saturated heterocycles. The van der Waals surface area contributed by atoms with Gasteiger partial charge >= 0.3 is 6.03 Å². The quantitative estimate of drug-likeness (QED) is 0.825. The standard InChI is InChI=1S/C13H11BrN2OS/c14-9-3-4-10-7(5-9)1-2-8-6-11(16-13(15)17)18-12(8)10/h3-6H,1-2H2,(H3,15,16,17). The lowest BCUT2D eigenvalue weighted by Gasteiger charge is -2.15. The van der Waals surface area contributed by atoms with E-state index in [0.717, 1.165) is 22.3 Å². The van der Waals surface area contributed by atoms with E-state index in [1.165, 1.54) is 21.6 Å². The molecule has 0 radical (unpaired) electrons. The van der Waals surface area contributed by atoms with Gasteiger partial charge in [0.15, 0.2) is 0 Å². The summed E-state index contributed by atoms with van der Waals surface area (Å²) < 4.78 is 1.11. The molecule has 2 aromatic rings. The lowest BCUT2D eigenvalue weighted by Crippen LogP contribution is -2.18. The van der Waals surface area contributed by atoms with Crippen molar-refractivity contribution in [2.75, 3.05) is 5.32 Å². The second-order valence-electron chi connectivity index (χ2n) is 4.26. The van der Waals surface area contributed by atoms with Crippen molar-refractivity contribution in [3.05, 3.63) is 39.9 Å². The van der Waals surface area contributed by atoms with Crippen LogP contribution in [0.1, 0.15) is 11.1 Å². The molecule has 0 unspecified atom stereocenters. The Kier molecular flexibility index (Phi) is 2.87. The molecule has 0 bridgehead atoms. The summed E-state index contributed by atoms with van der Waals surface area (Å²) in [5.41, 5.74) is 9.05. The third kappa shape index (κ3) is 2.04. The van der Waals surface area contributed by atoms with Gasteiger partial charge in [0.25, 0.3) is 0 Å². The summed E-state index contributed by atoms with van der Waals surface area (Å²) >= 11 is 5.08. The predicted octanol–water partition coefficient (Wildman–Crippen LogP) is 3.77. The van der Waals surface area contributed by atoms with Crippen LogP contribution in [-0.4, -0.2) is 6.03 Å². The number of aryl methyl sites for hydroxylation is 2. The summed E-state index contributed by atoms with van der Waals surface area (Å²) in [6.45, 7) is 0. The van der Waals surface area contributed by atoms with E-state index in [0.29, 0.717) is 0 Å². The fourth-order valence-corrected chi connectivity index (χ4v) is 3.87. The molecule has 18 heavy (non-hydrogen) atoms. The van der Waals surface area contributed by atoms with Gasteiger partial charge < -0.3 is 5.73 Å². The largest absolute Gasteiger partial charge is 0.351 e. The van der Waals surface area contributed by atoms with E-state index < -0.39 is 6.03 Å². The highest BCUT2D eigenvalue weighted by Crippen LogP contribution is 2.42. The van der Waals surface area contributed by atoms with Gasteiger partial charge in [-0.2, -0.15) is 0 Å². The minimum atomic E-state index is -0.510. The SMILES string of the molecule is NC(=O)Nc1cc2c(s1)-c1ccc(Br)cc1CC2. The van der Waals surface area contributed by atoms with Crippen molar-refractivity contribution in [2.45, 2.75) is 12.8 Å². The third-order valence-corrected chi connectivity index (χ3v) is 4.65. The van der Waals surface area contributed by atoms with Gasteiger partial charge in [0.1, 0.15) is 0 Å². The molecule has 0 spiro atoms. The number of halogens is 1. The number of primary amides is 1. The van der Waals surface area contributed by atoms with Crippen LogP contribution in [0.25, 0.3) is 10.4 Å². The average molecular weight is 323 g/mol. The molecule has 3 rings (SSSR count). The van der Waals surface area contributed by atoms with Crippen molar-refractivity contribution in [3.63, 3.8) is 0 Å². The number of thiophene rings is 1. The number of rotatable bonds is 1. The fourth-order valence-electron chi connectivity index (χ4n) is 2.29. The molecule has 3 N–H and O–H groups in total. The zero-order valence-electron chi connectivity index (χ0n) is 9.50. The van der Waals surface area contributed by atoms with Gasteiger partial charge in [-0.3, -0.25) is 5.32 Å². The minimum Gasteiger partial charge on any atom is -0.351 e. The normalized spacial score (nSPS) is 12.7. The lowest BCUT2D eigenvalue weighted by atomic mass is 9.92. The van der Waals surface area contributed by atoms with Gasteiger partial charge in [-0.25, -0.2) is 4.79 Å². The van der Waals surface area contributed by atoms with Crippen LogP contribution in [0.3, 0.4) is 0 Å². The van der Waals surface area contributed by atoms with Crippen LogP contribution in [0.4, 0.5) is 9.80 Å². The minimum absolute atomic E-state index is 0.510. The molecule has 1 aliphatic carbocycles. The second kappa shape index (κ2) is 4.40. The van der Waals surface area contributed by atoms with Crippen molar-refractivity contribution in [3.8, 4) is 10.4 Å². The molecule has 1 aromatic carbocycles. The van der Waals surface area contributed by atoms with Crippen LogP contribution in [0.2, 0.25) is 0 Å². The highest BCUT2D eigenvalue weighted by atomic mass is 79.9. The first-order chi connectivity index (χ1) is 8.63. The molecule has 0 fully saturated rings. The molecule has 0 atom stereocenters. The molecular weight excluding hydrogens is 312 g/mol. The Balaban J connectivity index is 2.06. The molecule has 0 saturated carbocycles. The Morgan fingerprint density at radius 3 is 2.83 bits per heavy atom. The average Bonchev–Trinajstić information content (AvgIpc) is 2.70. The summed E-state index contributed by atoms with van der Waals surface area (Å²) in [5, 5.41) is 3.47. The van der Waals surface area contributed by atoms with Crippen LogP contribution in [-0.2, 0) is 12.8 Å². The van der Waals surface area contributed by atoms with Crippen molar-refractivity contribution in [2.24, 2.45) is 5.73 Å². The highest BCUT2D eigenvalue weighted by Gasteiger charge is 2.19. The van der Waals surface area contributed by atoms with E-state index in [9.17, 15) is 4.79 Å². The fraction of sp³-hybridized carbons (Fsp3) is 0.154. The molecule has 1 aliphatic rings. The van der Waals surface area contributed by atoms with E-state index in [-0.39, 0.29) is 0 Å². The summed E-state index contributed by atoms with van der Waals surface area (Å²) in [5.74, 6) is 0. The Bertz CT molecular complexity index is 636. The number of carbonyl (C=O) groups excluding carboxylic acids is 1. The van der Waals surface area contributed by atoms with Crippen molar-refractivity contribution in [1.29, 1.82) is 0 Å². The number of carbonyl (C=O) groups is 1. The molecule has 5 heteroatoms. The highest BCUT2D eigenvalue weighted by molar-refractivity contribution is 9.10. The van der Waals surface area contributed by atoms with E-state index in [2.05, 4.69) is 39.4 Å². The van der Waals surface area contributed by atoms with Gasteiger partial charge in [-0.1, -0.05) is 22.0 Å². The smallest absolute Gasteiger partial charge is 0.317 e. The van der Waals surface area contributed by atoms with E-state index in [1.807, 2.05) is 6.07 Å². The molecule has 0 aliphatic heterocycles. The van der Waals surface area contributed by atoms with Crippen molar-refractivity contribution < 1.29 is 4.79 Å². The molecule has 3 nitrogen and oxygen atoms in total. The number of hydrogen-bond acceptors (Lipinski definition) is 2. The van der Waals surface area contributed by atoms with Crippen LogP contribution in [0.15, 0.2) is 28.7 Å². The third-order valence-electron chi connectivity index (χ3n) is 3.03. The number of urea groups is 1.